The Kier molecular flexibility index (Phi) is 13.7. The number of carboxylic acid groups (broad SMARTS) is 1. The van der Waals surface area contributed by atoms with Crippen molar-refractivity contribution in [2.45, 2.75) is 0 Å². The highest BCUT2D eigenvalue weighted by Crippen LogP contribution is 1.97. The van der Waals surface area contributed by atoms with Gasteiger partial charge in [0.2, 0.25) is 0 Å². The van der Waals surface area contributed by atoms with Crippen molar-refractivity contribution in [3.05, 3.63) is 67.2 Å². The minimum atomic E-state index is -0.981. The van der Waals surface area contributed by atoms with Crippen LogP contribution >= 0.6 is 11.6 Å². The molecule has 0 aliphatic carbocycles. The van der Waals surface area contributed by atoms with Crippen LogP contribution in [-0.4, -0.2) is 11.1 Å². The Balaban J connectivity index is 0. The summed E-state index contributed by atoms with van der Waals surface area (Å²) in [5, 5.41) is 7.60. The third-order valence-electron chi connectivity index (χ3n) is 1.21. The van der Waals surface area contributed by atoms with Crippen molar-refractivity contribution in [3.8, 4) is 0 Å². The van der Waals surface area contributed by atoms with Gasteiger partial charge in [0, 0.05) is 6.08 Å². The topological polar surface area (TPSA) is 37.3 Å². The van der Waals surface area contributed by atoms with Crippen LogP contribution < -0.4 is 0 Å². The van der Waals surface area contributed by atoms with E-state index in [1.807, 2.05) is 36.4 Å². The van der Waals surface area contributed by atoms with Crippen LogP contribution in [-0.2, 0) is 4.79 Å². The predicted molar refractivity (Wildman–Crippen MR) is 70.4 cm³/mol. The summed E-state index contributed by atoms with van der Waals surface area (Å²) in [7, 11) is 0. The van der Waals surface area contributed by atoms with Crippen molar-refractivity contribution in [1.29, 1.82) is 0 Å². The SMILES string of the molecule is C=CC(=O)O.C=CCl.C=Cc1ccccc1. The van der Waals surface area contributed by atoms with Crippen LogP contribution in [0.5, 0.6) is 0 Å². The number of carbonyl (C=O) groups is 1. The van der Waals surface area contributed by atoms with Crippen molar-refractivity contribution in [3.63, 3.8) is 0 Å². The first-order valence-corrected chi connectivity index (χ1v) is 4.80. The van der Waals surface area contributed by atoms with Crippen molar-refractivity contribution < 1.29 is 9.90 Å². The van der Waals surface area contributed by atoms with E-state index in [1.54, 1.807) is 0 Å². The van der Waals surface area contributed by atoms with Crippen molar-refractivity contribution in [2.24, 2.45) is 0 Å². The molecule has 0 unspecified atom stereocenters. The fourth-order valence-electron chi connectivity index (χ4n) is 0.589. The average molecular weight is 239 g/mol. The maximum absolute atomic E-state index is 9.25. The van der Waals surface area contributed by atoms with Crippen LogP contribution in [0.4, 0.5) is 0 Å². The third-order valence-corrected chi connectivity index (χ3v) is 1.21. The molecule has 0 bridgehead atoms. The van der Waals surface area contributed by atoms with Crippen LogP contribution in [0.1, 0.15) is 5.56 Å². The highest BCUT2D eigenvalue weighted by molar-refractivity contribution is 6.25. The first kappa shape index (κ1) is 16.6. The number of rotatable bonds is 2. The molecular weight excluding hydrogens is 224 g/mol. The standard InChI is InChI=1S/C8H8.C3H4O2.C2H3Cl/c1-2-8-6-4-3-5-7-8;1-2-3(4)5;1-2-3/h2-7H,1H2;2H,1H2,(H,4,5);2H,1H2. The third kappa shape index (κ3) is 14.7. The van der Waals surface area contributed by atoms with Gasteiger partial charge in [0.25, 0.3) is 0 Å². The lowest BCUT2D eigenvalue weighted by atomic mass is 10.2. The number of carboxylic acids is 1. The zero-order valence-corrected chi connectivity index (χ0v) is 9.73. The number of hydrogen-bond acceptors (Lipinski definition) is 1. The first-order valence-electron chi connectivity index (χ1n) is 4.36. The lowest BCUT2D eigenvalue weighted by Gasteiger charge is -1.85. The summed E-state index contributed by atoms with van der Waals surface area (Å²) in [5.41, 5.74) is 2.40. The monoisotopic (exact) mass is 238 g/mol. The molecule has 1 aromatic carbocycles. The molecule has 0 radical (unpaired) electrons. The van der Waals surface area contributed by atoms with Crippen LogP contribution in [0.2, 0.25) is 0 Å². The fourth-order valence-corrected chi connectivity index (χ4v) is 0.589. The van der Waals surface area contributed by atoms with Gasteiger partial charge < -0.3 is 5.11 Å². The van der Waals surface area contributed by atoms with E-state index in [1.165, 1.54) is 11.1 Å². The van der Waals surface area contributed by atoms with Gasteiger partial charge in [-0.05, 0) is 11.1 Å². The van der Waals surface area contributed by atoms with E-state index in [2.05, 4.69) is 19.7 Å². The zero-order valence-electron chi connectivity index (χ0n) is 8.97. The van der Waals surface area contributed by atoms with E-state index in [4.69, 9.17) is 16.7 Å². The number of benzene rings is 1. The van der Waals surface area contributed by atoms with Crippen molar-refractivity contribution >= 4 is 23.6 Å². The Labute approximate surface area is 101 Å². The molecule has 0 fully saturated rings. The fraction of sp³-hybridized carbons (Fsp3) is 0. The van der Waals surface area contributed by atoms with Crippen LogP contribution in [0, 0.1) is 0 Å². The molecule has 0 saturated carbocycles. The predicted octanol–water partition coefficient (Wildman–Crippen LogP) is 3.96. The highest BCUT2D eigenvalue weighted by atomic mass is 35.5. The van der Waals surface area contributed by atoms with E-state index in [0.717, 1.165) is 6.08 Å². The van der Waals surface area contributed by atoms with Gasteiger partial charge in [-0.2, -0.15) is 0 Å². The molecule has 1 rings (SSSR count). The van der Waals surface area contributed by atoms with Crippen LogP contribution in [0.15, 0.2) is 61.7 Å². The zero-order chi connectivity index (χ0) is 12.8. The van der Waals surface area contributed by atoms with Gasteiger partial charge in [-0.15, -0.1) is 0 Å². The summed E-state index contributed by atoms with van der Waals surface area (Å²) in [6.07, 6.45) is 2.67. The molecule has 0 heterocycles. The summed E-state index contributed by atoms with van der Waals surface area (Å²) >= 11 is 4.76. The Hall–Kier alpha value is -1.80. The smallest absolute Gasteiger partial charge is 0.327 e. The molecule has 0 spiro atoms. The van der Waals surface area contributed by atoms with Crippen LogP contribution in [0.3, 0.4) is 0 Å². The Morgan fingerprint density at radius 1 is 1.19 bits per heavy atom. The molecule has 0 atom stereocenters. The molecule has 1 aromatic rings. The van der Waals surface area contributed by atoms with E-state index in [9.17, 15) is 4.79 Å². The van der Waals surface area contributed by atoms with E-state index in [-0.39, 0.29) is 0 Å². The molecule has 0 amide bonds. The quantitative estimate of drug-likeness (QED) is 0.792. The lowest BCUT2D eigenvalue weighted by molar-refractivity contribution is -0.131. The first-order chi connectivity index (χ1) is 7.62. The average Bonchev–Trinajstić information content (AvgIpc) is 2.32. The summed E-state index contributed by atoms with van der Waals surface area (Å²) in [6, 6.07) is 10.0. The molecule has 3 heteroatoms. The largest absolute Gasteiger partial charge is 0.478 e. The molecule has 0 aromatic heterocycles. The van der Waals surface area contributed by atoms with E-state index >= 15 is 0 Å². The summed E-state index contributed by atoms with van der Waals surface area (Å²) in [5.74, 6) is -0.981. The highest BCUT2D eigenvalue weighted by Gasteiger charge is 1.75. The lowest BCUT2D eigenvalue weighted by Crippen LogP contribution is -1.82. The molecule has 0 aliphatic rings. The van der Waals surface area contributed by atoms with E-state index in [0.29, 0.717) is 0 Å². The van der Waals surface area contributed by atoms with Gasteiger partial charge in [-0.1, -0.05) is 67.7 Å². The second kappa shape index (κ2) is 13.2. The molecular formula is C13H15ClO2. The Bertz CT molecular complexity index is 318. The minimum Gasteiger partial charge on any atom is -0.478 e. The molecule has 0 saturated heterocycles. The van der Waals surface area contributed by atoms with Crippen molar-refractivity contribution in [2.75, 3.05) is 0 Å². The second-order valence-corrected chi connectivity index (χ2v) is 2.62. The van der Waals surface area contributed by atoms with Gasteiger partial charge in [0.15, 0.2) is 0 Å². The van der Waals surface area contributed by atoms with Crippen LogP contribution in [0.25, 0.3) is 6.08 Å². The number of halogens is 1. The molecule has 2 nitrogen and oxygen atoms in total. The van der Waals surface area contributed by atoms with Gasteiger partial charge in [0.05, 0.1) is 0 Å². The normalized spacial score (nSPS) is 7.06. The summed E-state index contributed by atoms with van der Waals surface area (Å²) in [6.45, 7) is 9.72. The second-order valence-electron chi connectivity index (χ2n) is 2.31. The van der Waals surface area contributed by atoms with Crippen molar-refractivity contribution in [1.82, 2.24) is 0 Å². The molecule has 1 N–H and O–H groups in total. The van der Waals surface area contributed by atoms with Gasteiger partial charge in [-0.25, -0.2) is 4.79 Å². The molecule has 0 aliphatic heterocycles. The number of aliphatic carboxylic acids is 1. The Morgan fingerprint density at radius 2 is 1.56 bits per heavy atom. The Morgan fingerprint density at radius 3 is 1.75 bits per heavy atom. The maximum Gasteiger partial charge on any atom is 0.327 e. The summed E-state index contributed by atoms with van der Waals surface area (Å²) in [4.78, 5) is 9.25. The molecule has 86 valence electrons. The molecule has 16 heavy (non-hydrogen) atoms. The van der Waals surface area contributed by atoms with Gasteiger partial charge in [0.1, 0.15) is 0 Å². The summed E-state index contributed by atoms with van der Waals surface area (Å²) < 4.78 is 0. The maximum atomic E-state index is 9.25. The minimum absolute atomic E-state index is 0.833. The number of hydrogen-bond donors (Lipinski definition) is 1. The van der Waals surface area contributed by atoms with Gasteiger partial charge in [-0.3, -0.25) is 0 Å². The van der Waals surface area contributed by atoms with E-state index < -0.39 is 5.97 Å². The van der Waals surface area contributed by atoms with Gasteiger partial charge >= 0.3 is 5.97 Å².